The van der Waals surface area contributed by atoms with Crippen LogP contribution in [0.3, 0.4) is 0 Å². The third-order valence-electron chi connectivity index (χ3n) is 5.60. The second-order valence-electron chi connectivity index (χ2n) is 7.54. The van der Waals surface area contributed by atoms with Crippen molar-refractivity contribution in [2.75, 3.05) is 59.5 Å². The fraction of sp³-hybridized carbons (Fsp3) is 0.632. The van der Waals surface area contributed by atoms with Gasteiger partial charge in [-0.1, -0.05) is 11.6 Å². The molecular weight excluding hydrogens is 354 g/mol. The standard InChI is InChI=1S/C19H28ClN3O3/c1-21-5-2-6-22(8-7-21)10-15-11-23(12-16(15)13-24)19(26)14-3-4-18(25)17(20)9-14/h3-4,9,15-16,24-25H,2,5-8,10-13H2,1H3/t15-,16-/m1/s1. The van der Waals surface area contributed by atoms with Gasteiger partial charge in [-0.15, -0.1) is 0 Å². The number of benzene rings is 1. The molecule has 1 aromatic carbocycles. The maximum absolute atomic E-state index is 12.8. The van der Waals surface area contributed by atoms with E-state index in [1.54, 1.807) is 11.0 Å². The highest BCUT2D eigenvalue weighted by atomic mass is 35.5. The maximum Gasteiger partial charge on any atom is 0.253 e. The number of aromatic hydroxyl groups is 1. The van der Waals surface area contributed by atoms with E-state index in [0.717, 1.165) is 39.1 Å². The average molecular weight is 382 g/mol. The summed E-state index contributed by atoms with van der Waals surface area (Å²) in [6.45, 7) is 6.51. The zero-order valence-corrected chi connectivity index (χ0v) is 16.0. The van der Waals surface area contributed by atoms with Crippen LogP contribution in [-0.2, 0) is 0 Å². The van der Waals surface area contributed by atoms with E-state index in [9.17, 15) is 15.0 Å². The number of phenols is 1. The molecule has 0 saturated carbocycles. The number of amides is 1. The number of aliphatic hydroxyl groups excluding tert-OH is 1. The van der Waals surface area contributed by atoms with Crippen LogP contribution < -0.4 is 0 Å². The summed E-state index contributed by atoms with van der Waals surface area (Å²) in [6.07, 6.45) is 1.15. The minimum absolute atomic E-state index is 0.0260. The van der Waals surface area contributed by atoms with Gasteiger partial charge in [-0.3, -0.25) is 4.79 Å². The number of carbonyl (C=O) groups excluding carboxylic acids is 1. The second kappa shape index (κ2) is 8.57. The van der Waals surface area contributed by atoms with Gasteiger partial charge in [-0.2, -0.15) is 0 Å². The minimum atomic E-state index is -0.0940. The first-order chi connectivity index (χ1) is 12.5. The Morgan fingerprint density at radius 1 is 1.19 bits per heavy atom. The minimum Gasteiger partial charge on any atom is -0.506 e. The van der Waals surface area contributed by atoms with Crippen LogP contribution in [0.2, 0.25) is 5.02 Å². The monoisotopic (exact) mass is 381 g/mol. The fourth-order valence-electron chi connectivity index (χ4n) is 3.95. The van der Waals surface area contributed by atoms with Crippen molar-refractivity contribution < 1.29 is 15.0 Å². The molecule has 144 valence electrons. The molecule has 2 atom stereocenters. The smallest absolute Gasteiger partial charge is 0.253 e. The van der Waals surface area contributed by atoms with Gasteiger partial charge >= 0.3 is 0 Å². The number of phenolic OH excluding ortho intramolecular Hbond substituents is 1. The van der Waals surface area contributed by atoms with Crippen molar-refractivity contribution in [1.82, 2.24) is 14.7 Å². The van der Waals surface area contributed by atoms with E-state index < -0.39 is 0 Å². The van der Waals surface area contributed by atoms with Gasteiger partial charge in [0.1, 0.15) is 5.75 Å². The summed E-state index contributed by atoms with van der Waals surface area (Å²) >= 11 is 5.93. The van der Waals surface area contributed by atoms with Crippen molar-refractivity contribution in [3.8, 4) is 5.75 Å². The molecular formula is C19H28ClN3O3. The number of hydrogen-bond donors (Lipinski definition) is 2. The zero-order chi connectivity index (χ0) is 18.7. The van der Waals surface area contributed by atoms with E-state index in [2.05, 4.69) is 16.8 Å². The number of aliphatic hydroxyl groups is 1. The summed E-state index contributed by atoms with van der Waals surface area (Å²) in [5.41, 5.74) is 0.474. The molecule has 3 rings (SSSR count). The van der Waals surface area contributed by atoms with Gasteiger partial charge in [0.05, 0.1) is 5.02 Å². The largest absolute Gasteiger partial charge is 0.506 e. The van der Waals surface area contributed by atoms with E-state index >= 15 is 0 Å². The molecule has 0 bridgehead atoms. The third-order valence-corrected chi connectivity index (χ3v) is 5.90. The summed E-state index contributed by atoms with van der Waals surface area (Å²) in [4.78, 5) is 19.4. The topological polar surface area (TPSA) is 67.2 Å². The molecule has 7 heteroatoms. The third kappa shape index (κ3) is 4.49. The molecule has 6 nitrogen and oxygen atoms in total. The van der Waals surface area contributed by atoms with Crippen molar-refractivity contribution >= 4 is 17.5 Å². The molecule has 0 spiro atoms. The molecule has 0 unspecified atom stereocenters. The lowest BCUT2D eigenvalue weighted by Crippen LogP contribution is -2.36. The first kappa shape index (κ1) is 19.4. The van der Waals surface area contributed by atoms with Crippen LogP contribution in [0.15, 0.2) is 18.2 Å². The lowest BCUT2D eigenvalue weighted by molar-refractivity contribution is 0.0779. The Balaban J connectivity index is 1.64. The van der Waals surface area contributed by atoms with Crippen molar-refractivity contribution in [1.29, 1.82) is 0 Å². The van der Waals surface area contributed by atoms with Crippen LogP contribution in [0.5, 0.6) is 5.75 Å². The van der Waals surface area contributed by atoms with Crippen LogP contribution in [-0.4, -0.2) is 90.3 Å². The number of nitrogens with zero attached hydrogens (tertiary/aromatic N) is 3. The fourth-order valence-corrected chi connectivity index (χ4v) is 4.14. The number of likely N-dealkylation sites (N-methyl/N-ethyl adjacent to an activating group) is 1. The first-order valence-electron chi connectivity index (χ1n) is 9.27. The SMILES string of the molecule is CN1CCCN(C[C@@H]2CN(C(=O)c3ccc(O)c(Cl)c3)C[C@@H]2CO)CC1. The highest BCUT2D eigenvalue weighted by Crippen LogP contribution is 2.28. The molecule has 1 amide bonds. The number of halogens is 1. The molecule has 2 aliphatic heterocycles. The second-order valence-corrected chi connectivity index (χ2v) is 7.94. The quantitative estimate of drug-likeness (QED) is 0.824. The van der Waals surface area contributed by atoms with Gasteiger partial charge in [0.25, 0.3) is 5.91 Å². The van der Waals surface area contributed by atoms with Crippen LogP contribution in [0.25, 0.3) is 0 Å². The van der Waals surface area contributed by atoms with Crippen LogP contribution in [0.4, 0.5) is 0 Å². The van der Waals surface area contributed by atoms with Crippen LogP contribution in [0.1, 0.15) is 16.8 Å². The zero-order valence-electron chi connectivity index (χ0n) is 15.3. The predicted octanol–water partition coefficient (Wildman–Crippen LogP) is 1.36. The lowest BCUT2D eigenvalue weighted by Gasteiger charge is -2.26. The van der Waals surface area contributed by atoms with Gasteiger partial charge in [-0.05, 0) is 50.7 Å². The predicted molar refractivity (Wildman–Crippen MR) is 102 cm³/mol. The summed E-state index contributed by atoms with van der Waals surface area (Å²) in [5, 5.41) is 19.5. The molecule has 2 fully saturated rings. The van der Waals surface area contributed by atoms with E-state index in [-0.39, 0.29) is 35.1 Å². The summed E-state index contributed by atoms with van der Waals surface area (Å²) in [7, 11) is 2.15. The van der Waals surface area contributed by atoms with Crippen LogP contribution in [0, 0.1) is 11.8 Å². The normalized spacial score (nSPS) is 25.4. The Morgan fingerprint density at radius 2 is 1.96 bits per heavy atom. The molecule has 0 aromatic heterocycles. The average Bonchev–Trinajstić information content (AvgIpc) is 2.92. The molecule has 26 heavy (non-hydrogen) atoms. The lowest BCUT2D eigenvalue weighted by atomic mass is 9.96. The number of rotatable bonds is 4. The number of carbonyl (C=O) groups is 1. The van der Waals surface area contributed by atoms with E-state index in [4.69, 9.17) is 11.6 Å². The summed E-state index contributed by atoms with van der Waals surface area (Å²) in [6, 6.07) is 4.54. The van der Waals surface area contributed by atoms with Gasteiger partial charge in [0, 0.05) is 50.8 Å². The number of likely N-dealkylation sites (tertiary alicyclic amines) is 1. The van der Waals surface area contributed by atoms with Crippen molar-refractivity contribution in [3.63, 3.8) is 0 Å². The Labute approximate surface area is 159 Å². The molecule has 2 aliphatic rings. The van der Waals surface area contributed by atoms with Crippen LogP contribution >= 0.6 is 11.6 Å². The Morgan fingerprint density at radius 3 is 2.69 bits per heavy atom. The Hall–Kier alpha value is -1.34. The molecule has 0 aliphatic carbocycles. The van der Waals surface area contributed by atoms with Crippen molar-refractivity contribution in [2.45, 2.75) is 6.42 Å². The Bertz CT molecular complexity index is 642. The molecule has 2 heterocycles. The highest BCUT2D eigenvalue weighted by Gasteiger charge is 2.36. The van der Waals surface area contributed by atoms with Crippen molar-refractivity contribution in [3.05, 3.63) is 28.8 Å². The van der Waals surface area contributed by atoms with Gasteiger partial charge in [0.15, 0.2) is 0 Å². The molecule has 2 saturated heterocycles. The summed E-state index contributed by atoms with van der Waals surface area (Å²) < 4.78 is 0. The van der Waals surface area contributed by atoms with Gasteiger partial charge < -0.3 is 24.9 Å². The molecule has 0 radical (unpaired) electrons. The maximum atomic E-state index is 12.8. The van der Waals surface area contributed by atoms with Crippen molar-refractivity contribution in [2.24, 2.45) is 11.8 Å². The van der Waals surface area contributed by atoms with E-state index in [1.807, 2.05) is 0 Å². The number of hydrogen-bond acceptors (Lipinski definition) is 5. The summed E-state index contributed by atoms with van der Waals surface area (Å²) in [5.74, 6) is 0.262. The van der Waals surface area contributed by atoms with E-state index in [0.29, 0.717) is 18.7 Å². The molecule has 2 N–H and O–H groups in total. The highest BCUT2D eigenvalue weighted by molar-refractivity contribution is 6.32. The Kier molecular flexibility index (Phi) is 6.40. The van der Waals surface area contributed by atoms with Gasteiger partial charge in [0.2, 0.25) is 0 Å². The van der Waals surface area contributed by atoms with E-state index in [1.165, 1.54) is 12.1 Å². The first-order valence-corrected chi connectivity index (χ1v) is 9.65. The molecule has 1 aromatic rings. The van der Waals surface area contributed by atoms with Gasteiger partial charge in [-0.25, -0.2) is 0 Å².